The van der Waals surface area contributed by atoms with Gasteiger partial charge in [0.15, 0.2) is 0 Å². The average molecular weight is 480 g/mol. The number of rotatable bonds is 9. The highest BCUT2D eigenvalue weighted by molar-refractivity contribution is 6.31. The molecule has 178 valence electrons. The maximum absolute atomic E-state index is 10.5. The molecule has 0 saturated carbocycles. The highest BCUT2D eigenvalue weighted by Crippen LogP contribution is 2.33. The van der Waals surface area contributed by atoms with Gasteiger partial charge in [0.1, 0.15) is 12.4 Å². The number of aliphatic hydroxyl groups is 1. The maximum atomic E-state index is 10.5. The first kappa shape index (κ1) is 24.3. The third-order valence-corrected chi connectivity index (χ3v) is 6.14. The Bertz CT molecular complexity index is 1070. The first-order valence-electron chi connectivity index (χ1n) is 11.6. The van der Waals surface area contributed by atoms with Gasteiger partial charge in [-0.2, -0.15) is 0 Å². The molecule has 1 heterocycles. The van der Waals surface area contributed by atoms with Crippen LogP contribution in [0, 0.1) is 0 Å². The molecule has 6 heteroatoms. The molecule has 0 bridgehead atoms. The second-order valence-corrected chi connectivity index (χ2v) is 8.81. The molecule has 0 aromatic heterocycles. The van der Waals surface area contributed by atoms with Gasteiger partial charge in [-0.25, -0.2) is 0 Å². The zero-order chi connectivity index (χ0) is 23.8. The Kier molecular flexibility index (Phi) is 8.58. The van der Waals surface area contributed by atoms with Crippen molar-refractivity contribution >= 4 is 17.8 Å². The van der Waals surface area contributed by atoms with Crippen LogP contribution in [-0.2, 0) is 22.6 Å². The van der Waals surface area contributed by atoms with Gasteiger partial charge in [-0.3, -0.25) is 0 Å². The number of ether oxygens (including phenoxy) is 2. The summed E-state index contributed by atoms with van der Waals surface area (Å²) in [6, 6.07) is 23.8. The van der Waals surface area contributed by atoms with Crippen molar-refractivity contribution in [2.24, 2.45) is 5.16 Å². The first-order valence-corrected chi connectivity index (χ1v) is 12.0. The Morgan fingerprint density at radius 3 is 2.59 bits per heavy atom. The van der Waals surface area contributed by atoms with Crippen LogP contribution < -0.4 is 4.74 Å². The number of oxime groups is 1. The summed E-state index contributed by atoms with van der Waals surface area (Å²) in [4.78, 5) is 5.40. The SMILES string of the molecule is CCOc1ccc(Cc2cc([C@H]3C[C@@H](O)C[C@@H](/C=N/OCc4ccccc4)O3)ccc2Cl)cc1. The smallest absolute Gasteiger partial charge is 0.142 e. The molecule has 3 atom stereocenters. The Morgan fingerprint density at radius 1 is 1.03 bits per heavy atom. The Morgan fingerprint density at radius 2 is 1.82 bits per heavy atom. The van der Waals surface area contributed by atoms with E-state index in [-0.39, 0.29) is 12.2 Å². The van der Waals surface area contributed by atoms with E-state index in [9.17, 15) is 5.11 Å². The van der Waals surface area contributed by atoms with E-state index in [0.29, 0.717) is 37.5 Å². The normalized spacial score (nSPS) is 20.4. The van der Waals surface area contributed by atoms with Crippen molar-refractivity contribution in [2.45, 2.75) is 51.1 Å². The van der Waals surface area contributed by atoms with Crippen LogP contribution in [0.15, 0.2) is 78.0 Å². The molecule has 34 heavy (non-hydrogen) atoms. The van der Waals surface area contributed by atoms with E-state index in [0.717, 1.165) is 28.0 Å². The van der Waals surface area contributed by atoms with E-state index in [1.807, 2.05) is 61.5 Å². The molecular weight excluding hydrogens is 450 g/mol. The molecule has 1 fully saturated rings. The zero-order valence-corrected chi connectivity index (χ0v) is 20.0. The predicted molar refractivity (Wildman–Crippen MR) is 134 cm³/mol. The lowest BCUT2D eigenvalue weighted by Crippen LogP contribution is -2.32. The summed E-state index contributed by atoms with van der Waals surface area (Å²) in [7, 11) is 0. The van der Waals surface area contributed by atoms with Crippen molar-refractivity contribution in [2.75, 3.05) is 6.61 Å². The molecule has 3 aromatic carbocycles. The van der Waals surface area contributed by atoms with E-state index in [4.69, 9.17) is 25.9 Å². The minimum Gasteiger partial charge on any atom is -0.494 e. The molecule has 0 aliphatic carbocycles. The quantitative estimate of drug-likeness (QED) is 0.297. The largest absolute Gasteiger partial charge is 0.494 e. The molecule has 1 aliphatic rings. The number of hydrogen-bond donors (Lipinski definition) is 1. The van der Waals surface area contributed by atoms with Gasteiger partial charge in [-0.05, 0) is 53.8 Å². The number of halogens is 1. The van der Waals surface area contributed by atoms with Crippen LogP contribution >= 0.6 is 11.6 Å². The fraction of sp³-hybridized carbons (Fsp3) is 0.321. The Balaban J connectivity index is 1.39. The lowest BCUT2D eigenvalue weighted by molar-refractivity contribution is -0.0691. The van der Waals surface area contributed by atoms with Gasteiger partial charge in [0.25, 0.3) is 0 Å². The molecule has 0 spiro atoms. The lowest BCUT2D eigenvalue weighted by atomic mass is 9.94. The summed E-state index contributed by atoms with van der Waals surface area (Å²) in [6.07, 6.45) is 2.30. The fourth-order valence-corrected chi connectivity index (χ4v) is 4.25. The topological polar surface area (TPSA) is 60.3 Å². The second-order valence-electron chi connectivity index (χ2n) is 8.41. The van der Waals surface area contributed by atoms with E-state index >= 15 is 0 Å². The minimum absolute atomic E-state index is 0.245. The predicted octanol–water partition coefficient (Wildman–Crippen LogP) is 6.11. The van der Waals surface area contributed by atoms with Gasteiger partial charge < -0.3 is 19.4 Å². The highest BCUT2D eigenvalue weighted by atomic mass is 35.5. The van der Waals surface area contributed by atoms with Crippen LogP contribution in [-0.4, -0.2) is 30.1 Å². The molecule has 0 radical (unpaired) electrons. The van der Waals surface area contributed by atoms with E-state index in [1.165, 1.54) is 0 Å². The van der Waals surface area contributed by atoms with Crippen molar-refractivity contribution in [3.05, 3.63) is 100 Å². The summed E-state index contributed by atoms with van der Waals surface area (Å²) in [6.45, 7) is 3.01. The van der Waals surface area contributed by atoms with Crippen LogP contribution in [0.2, 0.25) is 5.02 Å². The molecule has 1 aliphatic heterocycles. The molecular formula is C28H30ClNO4. The summed E-state index contributed by atoms with van der Waals surface area (Å²) in [5.74, 6) is 0.858. The second kappa shape index (κ2) is 12.0. The Hall–Kier alpha value is -2.86. The third-order valence-electron chi connectivity index (χ3n) is 5.78. The molecule has 3 aromatic rings. The van der Waals surface area contributed by atoms with Crippen molar-refractivity contribution in [3.8, 4) is 5.75 Å². The highest BCUT2D eigenvalue weighted by Gasteiger charge is 2.29. The third kappa shape index (κ3) is 6.83. The number of aliphatic hydroxyl groups excluding tert-OH is 1. The number of nitrogens with zero attached hydrogens (tertiary/aromatic N) is 1. The van der Waals surface area contributed by atoms with Crippen LogP contribution in [0.1, 0.15) is 48.1 Å². The summed E-state index contributed by atoms with van der Waals surface area (Å²) < 4.78 is 11.8. The molecule has 4 rings (SSSR count). The van der Waals surface area contributed by atoms with Crippen LogP contribution in [0.25, 0.3) is 0 Å². The van der Waals surface area contributed by atoms with Crippen molar-refractivity contribution < 1.29 is 19.4 Å². The molecule has 0 unspecified atom stereocenters. The van der Waals surface area contributed by atoms with E-state index < -0.39 is 6.10 Å². The van der Waals surface area contributed by atoms with Gasteiger partial charge in [0, 0.05) is 17.9 Å². The number of hydrogen-bond acceptors (Lipinski definition) is 5. The molecule has 0 amide bonds. The van der Waals surface area contributed by atoms with Gasteiger partial charge >= 0.3 is 0 Å². The zero-order valence-electron chi connectivity index (χ0n) is 19.3. The van der Waals surface area contributed by atoms with Crippen LogP contribution in [0.4, 0.5) is 0 Å². The minimum atomic E-state index is -0.477. The van der Waals surface area contributed by atoms with Crippen molar-refractivity contribution in [1.82, 2.24) is 0 Å². The maximum Gasteiger partial charge on any atom is 0.142 e. The summed E-state index contributed by atoms with van der Waals surface area (Å²) >= 11 is 6.51. The van der Waals surface area contributed by atoms with Gasteiger partial charge in [0.05, 0.1) is 31.1 Å². The average Bonchev–Trinajstić information content (AvgIpc) is 2.85. The van der Waals surface area contributed by atoms with Crippen molar-refractivity contribution in [3.63, 3.8) is 0 Å². The standard InChI is InChI=1S/C28H30ClNO4/c1-2-32-25-11-8-20(9-12-25)14-23-15-22(10-13-27(23)29)28-17-24(31)16-26(34-28)18-30-33-19-21-6-4-3-5-7-21/h3-13,15,18,24,26,28,31H,2,14,16-17,19H2,1H3/b30-18+/t24-,26-,28+/m0/s1. The Labute approximate surface area is 205 Å². The summed E-state index contributed by atoms with van der Waals surface area (Å²) in [5, 5.41) is 15.2. The van der Waals surface area contributed by atoms with Gasteiger partial charge in [0.2, 0.25) is 0 Å². The molecule has 1 saturated heterocycles. The monoisotopic (exact) mass is 479 g/mol. The first-order chi connectivity index (χ1) is 16.6. The van der Waals surface area contributed by atoms with Crippen LogP contribution in [0.5, 0.6) is 5.75 Å². The lowest BCUT2D eigenvalue weighted by Gasteiger charge is -2.31. The van der Waals surface area contributed by atoms with E-state index in [1.54, 1.807) is 6.21 Å². The fourth-order valence-electron chi connectivity index (χ4n) is 4.06. The van der Waals surface area contributed by atoms with Crippen LogP contribution in [0.3, 0.4) is 0 Å². The van der Waals surface area contributed by atoms with Gasteiger partial charge in [-0.1, -0.05) is 71.4 Å². The molecule has 1 N–H and O–H groups in total. The summed E-state index contributed by atoms with van der Waals surface area (Å²) in [5.41, 5.74) is 4.20. The molecule has 5 nitrogen and oxygen atoms in total. The van der Waals surface area contributed by atoms with Gasteiger partial charge in [-0.15, -0.1) is 0 Å². The number of benzene rings is 3. The van der Waals surface area contributed by atoms with E-state index in [2.05, 4.69) is 23.4 Å². The van der Waals surface area contributed by atoms with Crippen molar-refractivity contribution in [1.29, 1.82) is 0 Å².